The summed E-state index contributed by atoms with van der Waals surface area (Å²) in [6.07, 6.45) is 0.588. The van der Waals surface area contributed by atoms with E-state index in [2.05, 4.69) is 27.9 Å². The lowest BCUT2D eigenvalue weighted by Gasteiger charge is -2.06. The molecule has 0 saturated carbocycles. The summed E-state index contributed by atoms with van der Waals surface area (Å²) in [5.74, 6) is 0.221. The molecule has 0 aliphatic heterocycles. The van der Waals surface area contributed by atoms with E-state index in [1.165, 1.54) is 3.57 Å². The van der Waals surface area contributed by atoms with Crippen LogP contribution in [0.1, 0.15) is 13.3 Å². The third-order valence-corrected chi connectivity index (χ3v) is 2.61. The van der Waals surface area contributed by atoms with E-state index in [1.807, 2.05) is 24.3 Å². The predicted octanol–water partition coefficient (Wildman–Crippen LogP) is 2.68. The summed E-state index contributed by atoms with van der Waals surface area (Å²) >= 11 is 2.27. The molecule has 0 aliphatic carbocycles. The molecule has 0 heterocycles. The highest BCUT2D eigenvalue weighted by Crippen LogP contribution is 2.16. The van der Waals surface area contributed by atoms with Gasteiger partial charge in [0, 0.05) is 22.2 Å². The van der Waals surface area contributed by atoms with Gasteiger partial charge in [0.2, 0.25) is 0 Å². The maximum Gasteiger partial charge on any atom is 0.131 e. The molecule has 2 nitrogen and oxygen atoms in total. The van der Waals surface area contributed by atoms with Gasteiger partial charge in [-0.25, -0.2) is 0 Å². The summed E-state index contributed by atoms with van der Waals surface area (Å²) in [5.41, 5.74) is 1.10. The lowest BCUT2D eigenvalue weighted by atomic mass is 10.3. The molecule has 1 rings (SSSR count). The van der Waals surface area contributed by atoms with Gasteiger partial charge < -0.3 is 5.32 Å². The molecule has 13 heavy (non-hydrogen) atoms. The summed E-state index contributed by atoms with van der Waals surface area (Å²) < 4.78 is 1.18. The van der Waals surface area contributed by atoms with Gasteiger partial charge in [0.1, 0.15) is 5.78 Å². The summed E-state index contributed by atoms with van der Waals surface area (Å²) in [6, 6.07) is 8.04. The van der Waals surface area contributed by atoms with Crippen LogP contribution in [0.15, 0.2) is 24.3 Å². The van der Waals surface area contributed by atoms with Gasteiger partial charge in [0.15, 0.2) is 0 Å². The minimum absolute atomic E-state index is 0.221. The van der Waals surface area contributed by atoms with Crippen molar-refractivity contribution < 1.29 is 4.79 Å². The topological polar surface area (TPSA) is 29.1 Å². The van der Waals surface area contributed by atoms with Crippen LogP contribution in [0.3, 0.4) is 0 Å². The van der Waals surface area contributed by atoms with E-state index in [1.54, 1.807) is 6.92 Å². The molecule has 0 aliphatic rings. The van der Waals surface area contributed by atoms with Crippen LogP contribution < -0.4 is 5.32 Å². The maximum atomic E-state index is 10.7. The van der Waals surface area contributed by atoms with Crippen LogP contribution in [0.4, 0.5) is 5.69 Å². The van der Waals surface area contributed by atoms with Crippen molar-refractivity contribution in [3.63, 3.8) is 0 Å². The molecular formula is C10H12INO. The molecular weight excluding hydrogens is 277 g/mol. The standard InChI is InChI=1S/C10H12INO/c1-8(13)6-7-12-10-5-3-2-4-9(10)11/h2-5,12H,6-7H2,1H3. The fraction of sp³-hybridized carbons (Fsp3) is 0.300. The van der Waals surface area contributed by atoms with E-state index >= 15 is 0 Å². The minimum Gasteiger partial charge on any atom is -0.384 e. The Morgan fingerprint density at radius 3 is 2.77 bits per heavy atom. The first-order chi connectivity index (χ1) is 6.20. The molecule has 0 spiro atoms. The van der Waals surface area contributed by atoms with E-state index in [4.69, 9.17) is 0 Å². The molecule has 0 radical (unpaired) electrons. The Kier molecular flexibility index (Phi) is 4.21. The van der Waals surface area contributed by atoms with Crippen molar-refractivity contribution in [1.29, 1.82) is 0 Å². The molecule has 0 saturated heterocycles. The number of halogens is 1. The van der Waals surface area contributed by atoms with Crippen LogP contribution in [0.5, 0.6) is 0 Å². The average Bonchev–Trinajstić information content (AvgIpc) is 2.08. The number of Topliss-reactive ketones (excluding diaryl/α,β-unsaturated/α-hetero) is 1. The number of carbonyl (C=O) groups excluding carboxylic acids is 1. The van der Waals surface area contributed by atoms with Gasteiger partial charge in [-0.3, -0.25) is 4.79 Å². The van der Waals surface area contributed by atoms with Crippen LogP contribution in [0, 0.1) is 3.57 Å². The monoisotopic (exact) mass is 289 g/mol. The summed E-state index contributed by atoms with van der Waals surface area (Å²) in [4.78, 5) is 10.7. The molecule has 1 aromatic carbocycles. The Labute approximate surface area is 91.9 Å². The SMILES string of the molecule is CC(=O)CCNc1ccccc1I. The van der Waals surface area contributed by atoms with Gasteiger partial charge >= 0.3 is 0 Å². The Hall–Kier alpha value is -0.580. The second kappa shape index (κ2) is 5.21. The third kappa shape index (κ3) is 3.76. The van der Waals surface area contributed by atoms with Crippen molar-refractivity contribution >= 4 is 34.1 Å². The fourth-order valence-electron chi connectivity index (χ4n) is 0.978. The number of carbonyl (C=O) groups is 1. The van der Waals surface area contributed by atoms with Crippen LogP contribution >= 0.6 is 22.6 Å². The largest absolute Gasteiger partial charge is 0.384 e. The highest BCUT2D eigenvalue weighted by Gasteiger charge is 1.97. The van der Waals surface area contributed by atoms with Gasteiger partial charge in [-0.1, -0.05) is 12.1 Å². The maximum absolute atomic E-state index is 10.7. The predicted molar refractivity (Wildman–Crippen MR) is 62.9 cm³/mol. The molecule has 3 heteroatoms. The first-order valence-electron chi connectivity index (χ1n) is 4.18. The van der Waals surface area contributed by atoms with E-state index in [-0.39, 0.29) is 5.78 Å². The number of hydrogen-bond donors (Lipinski definition) is 1. The zero-order valence-corrected chi connectivity index (χ0v) is 9.67. The van der Waals surface area contributed by atoms with Crippen molar-refractivity contribution in [1.82, 2.24) is 0 Å². The summed E-state index contributed by atoms with van der Waals surface area (Å²) in [7, 11) is 0. The highest BCUT2D eigenvalue weighted by atomic mass is 127. The molecule has 0 unspecified atom stereocenters. The fourth-order valence-corrected chi connectivity index (χ4v) is 1.56. The normalized spacial score (nSPS) is 9.69. The van der Waals surface area contributed by atoms with Gasteiger partial charge in [-0.15, -0.1) is 0 Å². The summed E-state index contributed by atoms with van der Waals surface area (Å²) in [5, 5.41) is 3.22. The Morgan fingerprint density at radius 1 is 1.46 bits per heavy atom. The second-order valence-electron chi connectivity index (χ2n) is 2.86. The number of para-hydroxylation sites is 1. The minimum atomic E-state index is 0.221. The van der Waals surface area contributed by atoms with Crippen LogP contribution in [-0.2, 0) is 4.79 Å². The first-order valence-corrected chi connectivity index (χ1v) is 5.26. The number of nitrogens with one attached hydrogen (secondary N) is 1. The molecule has 0 atom stereocenters. The number of ketones is 1. The first kappa shape index (κ1) is 10.5. The molecule has 0 amide bonds. The molecule has 0 aromatic heterocycles. The quantitative estimate of drug-likeness (QED) is 0.863. The van der Waals surface area contributed by atoms with Crippen molar-refractivity contribution in [3.05, 3.63) is 27.8 Å². The van der Waals surface area contributed by atoms with Crippen LogP contribution in [-0.4, -0.2) is 12.3 Å². The molecule has 1 N–H and O–H groups in total. The third-order valence-electron chi connectivity index (χ3n) is 1.67. The Balaban J connectivity index is 2.45. The molecule has 0 fully saturated rings. The number of anilines is 1. The van der Waals surface area contributed by atoms with E-state index < -0.39 is 0 Å². The lowest BCUT2D eigenvalue weighted by molar-refractivity contribution is -0.116. The Morgan fingerprint density at radius 2 is 2.15 bits per heavy atom. The number of benzene rings is 1. The van der Waals surface area contributed by atoms with E-state index in [0.29, 0.717) is 6.42 Å². The van der Waals surface area contributed by atoms with Crippen molar-refractivity contribution in [3.8, 4) is 0 Å². The van der Waals surface area contributed by atoms with Gasteiger partial charge in [-0.05, 0) is 41.6 Å². The van der Waals surface area contributed by atoms with Crippen molar-refractivity contribution in [2.24, 2.45) is 0 Å². The molecule has 1 aromatic rings. The zero-order valence-electron chi connectivity index (χ0n) is 7.51. The Bertz CT molecular complexity index is 299. The number of rotatable bonds is 4. The zero-order chi connectivity index (χ0) is 9.68. The van der Waals surface area contributed by atoms with E-state index in [0.717, 1.165) is 12.2 Å². The van der Waals surface area contributed by atoms with E-state index in [9.17, 15) is 4.79 Å². The second-order valence-corrected chi connectivity index (χ2v) is 4.02. The lowest BCUT2D eigenvalue weighted by Crippen LogP contribution is -2.06. The van der Waals surface area contributed by atoms with Crippen molar-refractivity contribution in [2.75, 3.05) is 11.9 Å². The van der Waals surface area contributed by atoms with Crippen LogP contribution in [0.25, 0.3) is 0 Å². The average molecular weight is 289 g/mol. The van der Waals surface area contributed by atoms with Gasteiger partial charge in [-0.2, -0.15) is 0 Å². The molecule has 0 bridgehead atoms. The van der Waals surface area contributed by atoms with Crippen molar-refractivity contribution in [2.45, 2.75) is 13.3 Å². The van der Waals surface area contributed by atoms with Gasteiger partial charge in [0.25, 0.3) is 0 Å². The smallest absolute Gasteiger partial charge is 0.131 e. The highest BCUT2D eigenvalue weighted by molar-refractivity contribution is 14.1. The van der Waals surface area contributed by atoms with Crippen LogP contribution in [0.2, 0.25) is 0 Å². The number of hydrogen-bond acceptors (Lipinski definition) is 2. The molecule has 70 valence electrons. The van der Waals surface area contributed by atoms with Gasteiger partial charge in [0.05, 0.1) is 0 Å². The summed E-state index contributed by atoms with van der Waals surface area (Å²) in [6.45, 7) is 2.33.